The summed E-state index contributed by atoms with van der Waals surface area (Å²) in [5, 5.41) is 6.82. The van der Waals surface area contributed by atoms with E-state index in [-0.39, 0.29) is 18.1 Å². The molecule has 0 bridgehead atoms. The molecule has 2 aromatic carbocycles. The van der Waals surface area contributed by atoms with Crippen molar-refractivity contribution < 1.29 is 9.59 Å². The molecule has 0 fully saturated rings. The molecule has 0 radical (unpaired) electrons. The van der Waals surface area contributed by atoms with Gasteiger partial charge in [-0.25, -0.2) is 4.98 Å². The van der Waals surface area contributed by atoms with E-state index < -0.39 is 5.91 Å². The first-order valence-corrected chi connectivity index (χ1v) is 9.11. The maximum atomic E-state index is 12.2. The minimum Gasteiger partial charge on any atom is -0.369 e. The predicted molar refractivity (Wildman–Crippen MR) is 98.3 cm³/mol. The molecule has 0 aliphatic carbocycles. The summed E-state index contributed by atoms with van der Waals surface area (Å²) in [6, 6.07) is 13.7. The quantitative estimate of drug-likeness (QED) is 0.664. The molecule has 122 valence electrons. The standard InChI is InChI=1S/C17H15N3O2S2/c18-15(21)8-12-9-23-17(19-12)24-10-16(22)20-14-7-3-5-11-4-1-2-6-13(11)14/h1-7,9H,8,10H2,(H2,18,21)(H,20,22). The lowest BCUT2D eigenvalue weighted by Gasteiger charge is -2.08. The van der Waals surface area contributed by atoms with Crippen LogP contribution in [0.25, 0.3) is 10.8 Å². The van der Waals surface area contributed by atoms with E-state index in [2.05, 4.69) is 10.3 Å². The van der Waals surface area contributed by atoms with Crippen LogP contribution in [0.2, 0.25) is 0 Å². The molecule has 0 saturated carbocycles. The number of nitrogens with two attached hydrogens (primary N) is 1. The van der Waals surface area contributed by atoms with Crippen LogP contribution in [0.5, 0.6) is 0 Å². The van der Waals surface area contributed by atoms with Crippen molar-refractivity contribution in [2.45, 2.75) is 10.8 Å². The van der Waals surface area contributed by atoms with Crippen molar-refractivity contribution in [1.29, 1.82) is 0 Å². The zero-order chi connectivity index (χ0) is 16.9. The lowest BCUT2D eigenvalue weighted by molar-refractivity contribution is -0.117. The Kier molecular flexibility index (Phi) is 5.12. The van der Waals surface area contributed by atoms with Crippen molar-refractivity contribution >= 4 is 51.4 Å². The van der Waals surface area contributed by atoms with Gasteiger partial charge in [0.15, 0.2) is 4.34 Å². The number of fused-ring (bicyclic) bond motifs is 1. The number of nitrogens with zero attached hydrogens (tertiary/aromatic N) is 1. The third-order valence-electron chi connectivity index (χ3n) is 3.28. The molecule has 24 heavy (non-hydrogen) atoms. The highest BCUT2D eigenvalue weighted by Crippen LogP contribution is 2.25. The van der Waals surface area contributed by atoms with E-state index in [0.29, 0.717) is 5.69 Å². The van der Waals surface area contributed by atoms with Crippen molar-refractivity contribution in [2.75, 3.05) is 11.1 Å². The maximum Gasteiger partial charge on any atom is 0.234 e. The lowest BCUT2D eigenvalue weighted by atomic mass is 10.1. The minimum atomic E-state index is -0.412. The summed E-state index contributed by atoms with van der Waals surface area (Å²) >= 11 is 2.75. The van der Waals surface area contributed by atoms with Gasteiger partial charge in [0, 0.05) is 16.5 Å². The Labute approximate surface area is 147 Å². The average Bonchev–Trinajstić information content (AvgIpc) is 3.00. The van der Waals surface area contributed by atoms with Gasteiger partial charge in [-0.1, -0.05) is 48.2 Å². The molecule has 2 amide bonds. The van der Waals surface area contributed by atoms with E-state index in [9.17, 15) is 9.59 Å². The van der Waals surface area contributed by atoms with Crippen LogP contribution in [0, 0.1) is 0 Å². The number of benzene rings is 2. The number of thiazole rings is 1. The van der Waals surface area contributed by atoms with E-state index in [1.807, 2.05) is 42.5 Å². The molecule has 0 unspecified atom stereocenters. The van der Waals surface area contributed by atoms with Gasteiger partial charge in [-0.15, -0.1) is 11.3 Å². The number of hydrogen-bond acceptors (Lipinski definition) is 5. The Bertz CT molecular complexity index is 887. The number of carbonyl (C=O) groups excluding carboxylic acids is 2. The Balaban J connectivity index is 1.61. The van der Waals surface area contributed by atoms with Crippen molar-refractivity contribution in [3.63, 3.8) is 0 Å². The van der Waals surface area contributed by atoms with Gasteiger partial charge < -0.3 is 11.1 Å². The van der Waals surface area contributed by atoms with Crippen LogP contribution < -0.4 is 11.1 Å². The van der Waals surface area contributed by atoms with Gasteiger partial charge in [0.2, 0.25) is 11.8 Å². The van der Waals surface area contributed by atoms with Crippen molar-refractivity contribution in [1.82, 2.24) is 4.98 Å². The van der Waals surface area contributed by atoms with E-state index in [1.54, 1.807) is 5.38 Å². The molecule has 0 saturated heterocycles. The van der Waals surface area contributed by atoms with E-state index in [4.69, 9.17) is 5.73 Å². The maximum absolute atomic E-state index is 12.2. The van der Waals surface area contributed by atoms with Gasteiger partial charge >= 0.3 is 0 Å². The Morgan fingerprint density at radius 2 is 1.96 bits per heavy atom. The van der Waals surface area contributed by atoms with Crippen LogP contribution in [0.1, 0.15) is 5.69 Å². The number of anilines is 1. The topological polar surface area (TPSA) is 85.1 Å². The Hall–Kier alpha value is -2.38. The fourth-order valence-electron chi connectivity index (χ4n) is 2.26. The summed E-state index contributed by atoms with van der Waals surface area (Å²) < 4.78 is 0.749. The largest absolute Gasteiger partial charge is 0.369 e. The summed E-state index contributed by atoms with van der Waals surface area (Å²) in [5.74, 6) is -0.249. The molecular weight excluding hydrogens is 342 g/mol. The van der Waals surface area contributed by atoms with Crippen molar-refractivity contribution in [3.05, 3.63) is 53.5 Å². The van der Waals surface area contributed by atoms with Crippen LogP contribution in [-0.2, 0) is 16.0 Å². The van der Waals surface area contributed by atoms with Crippen molar-refractivity contribution in [2.24, 2.45) is 5.73 Å². The van der Waals surface area contributed by atoms with Crippen LogP contribution in [0.3, 0.4) is 0 Å². The second-order valence-corrected chi connectivity index (χ2v) is 7.19. The summed E-state index contributed by atoms with van der Waals surface area (Å²) in [4.78, 5) is 27.3. The Morgan fingerprint density at radius 1 is 1.17 bits per heavy atom. The molecule has 0 atom stereocenters. The number of nitrogens with one attached hydrogen (secondary N) is 1. The van der Waals surface area contributed by atoms with E-state index in [0.717, 1.165) is 20.8 Å². The Morgan fingerprint density at radius 3 is 2.79 bits per heavy atom. The number of aromatic nitrogens is 1. The average molecular weight is 357 g/mol. The smallest absolute Gasteiger partial charge is 0.234 e. The fourth-order valence-corrected chi connectivity index (χ4v) is 3.91. The molecule has 3 aromatic rings. The van der Waals surface area contributed by atoms with Crippen LogP contribution in [-0.4, -0.2) is 22.6 Å². The molecule has 3 N–H and O–H groups in total. The SMILES string of the molecule is NC(=O)Cc1csc(SCC(=O)Nc2cccc3ccccc23)n1. The molecule has 0 spiro atoms. The monoisotopic (exact) mass is 357 g/mol. The molecule has 3 rings (SSSR count). The highest BCUT2D eigenvalue weighted by molar-refractivity contribution is 8.01. The third-order valence-corrected chi connectivity index (χ3v) is 5.35. The second kappa shape index (κ2) is 7.46. The second-order valence-electron chi connectivity index (χ2n) is 5.11. The first kappa shape index (κ1) is 16.5. The number of rotatable bonds is 6. The molecule has 5 nitrogen and oxygen atoms in total. The molecule has 7 heteroatoms. The summed E-state index contributed by atoms with van der Waals surface area (Å²) in [5.41, 5.74) is 6.58. The van der Waals surface area contributed by atoms with Gasteiger partial charge in [0.1, 0.15) is 0 Å². The molecule has 0 aliphatic rings. The molecular formula is C17H15N3O2S2. The highest BCUT2D eigenvalue weighted by atomic mass is 32.2. The van der Waals surface area contributed by atoms with E-state index >= 15 is 0 Å². The van der Waals surface area contributed by atoms with E-state index in [1.165, 1.54) is 23.1 Å². The highest BCUT2D eigenvalue weighted by Gasteiger charge is 2.09. The summed E-state index contributed by atoms with van der Waals surface area (Å²) in [6.45, 7) is 0. The summed E-state index contributed by atoms with van der Waals surface area (Å²) in [6.07, 6.45) is 0.124. The molecule has 1 heterocycles. The first-order chi connectivity index (χ1) is 11.6. The van der Waals surface area contributed by atoms with Crippen LogP contribution >= 0.6 is 23.1 Å². The van der Waals surface area contributed by atoms with Gasteiger partial charge in [-0.05, 0) is 11.5 Å². The van der Waals surface area contributed by atoms with Gasteiger partial charge in [-0.3, -0.25) is 9.59 Å². The normalized spacial score (nSPS) is 10.7. The zero-order valence-corrected chi connectivity index (χ0v) is 14.3. The molecule has 0 aliphatic heterocycles. The van der Waals surface area contributed by atoms with Crippen LogP contribution in [0.15, 0.2) is 52.2 Å². The number of carbonyl (C=O) groups is 2. The number of thioether (sulfide) groups is 1. The predicted octanol–water partition coefficient (Wildman–Crippen LogP) is 3.05. The van der Waals surface area contributed by atoms with Crippen LogP contribution in [0.4, 0.5) is 5.69 Å². The number of primary amides is 1. The lowest BCUT2D eigenvalue weighted by Crippen LogP contribution is -2.14. The van der Waals surface area contributed by atoms with Gasteiger partial charge in [-0.2, -0.15) is 0 Å². The van der Waals surface area contributed by atoms with Crippen molar-refractivity contribution in [3.8, 4) is 0 Å². The summed E-state index contributed by atoms with van der Waals surface area (Å²) in [7, 11) is 0. The fraction of sp³-hybridized carbons (Fsp3) is 0.118. The number of hydrogen-bond donors (Lipinski definition) is 2. The molecule has 1 aromatic heterocycles. The van der Waals surface area contributed by atoms with Gasteiger partial charge in [0.25, 0.3) is 0 Å². The van der Waals surface area contributed by atoms with Gasteiger partial charge in [0.05, 0.1) is 17.9 Å². The number of amides is 2. The third kappa shape index (κ3) is 4.12. The zero-order valence-electron chi connectivity index (χ0n) is 12.7. The first-order valence-electron chi connectivity index (χ1n) is 7.25. The minimum absolute atomic E-state index is 0.0944.